The van der Waals surface area contributed by atoms with Crippen molar-refractivity contribution in [3.8, 4) is 11.3 Å². The summed E-state index contributed by atoms with van der Waals surface area (Å²) in [6, 6.07) is 20.5. The molecule has 1 heterocycles. The average Bonchev–Trinajstić information content (AvgIpc) is 2.96. The summed E-state index contributed by atoms with van der Waals surface area (Å²) in [5.74, 6) is -0.0249. The highest BCUT2D eigenvalue weighted by Gasteiger charge is 2.16. The van der Waals surface area contributed by atoms with Crippen molar-refractivity contribution in [2.24, 2.45) is 0 Å². The predicted octanol–water partition coefficient (Wildman–Crippen LogP) is 3.96. The van der Waals surface area contributed by atoms with Gasteiger partial charge in [-0.25, -0.2) is 8.42 Å². The van der Waals surface area contributed by atoms with Crippen LogP contribution in [0.4, 0.5) is 0 Å². The Morgan fingerprint density at radius 1 is 0.864 bits per heavy atom. The number of H-pyrrole nitrogens is 1. The van der Waals surface area contributed by atoms with Gasteiger partial charge in [-0.3, -0.25) is 0 Å². The zero-order valence-corrected chi connectivity index (χ0v) is 13.1. The second kappa shape index (κ2) is 5.81. The molecule has 0 fully saturated rings. The topological polar surface area (TPSA) is 49.9 Å². The number of rotatable bonds is 4. The zero-order valence-electron chi connectivity index (χ0n) is 12.3. The molecular weight excluding hydrogens is 294 g/mol. The molecule has 0 radical (unpaired) electrons. The highest BCUT2D eigenvalue weighted by molar-refractivity contribution is 7.90. The van der Waals surface area contributed by atoms with Crippen LogP contribution in [0.3, 0.4) is 0 Å². The third-order valence-corrected chi connectivity index (χ3v) is 5.24. The van der Waals surface area contributed by atoms with Gasteiger partial charge in [0, 0.05) is 11.4 Å². The van der Waals surface area contributed by atoms with Gasteiger partial charge >= 0.3 is 0 Å². The molecule has 22 heavy (non-hydrogen) atoms. The van der Waals surface area contributed by atoms with E-state index in [4.69, 9.17) is 0 Å². The molecule has 0 saturated carbocycles. The van der Waals surface area contributed by atoms with Crippen molar-refractivity contribution in [2.75, 3.05) is 0 Å². The van der Waals surface area contributed by atoms with E-state index in [1.807, 2.05) is 61.5 Å². The van der Waals surface area contributed by atoms with Crippen LogP contribution >= 0.6 is 0 Å². The second-order valence-electron chi connectivity index (χ2n) is 5.34. The van der Waals surface area contributed by atoms with E-state index in [9.17, 15) is 8.42 Å². The normalized spacial score (nSPS) is 11.5. The lowest BCUT2D eigenvalue weighted by Gasteiger charge is -2.04. The Bertz CT molecular complexity index is 863. The fourth-order valence-electron chi connectivity index (χ4n) is 2.34. The maximum absolute atomic E-state index is 12.4. The van der Waals surface area contributed by atoms with Crippen molar-refractivity contribution < 1.29 is 8.42 Å². The summed E-state index contributed by atoms with van der Waals surface area (Å²) in [6.45, 7) is 1.94. The predicted molar refractivity (Wildman–Crippen MR) is 88.3 cm³/mol. The van der Waals surface area contributed by atoms with Gasteiger partial charge in [0.25, 0.3) is 0 Å². The molecule has 3 aromatic rings. The summed E-state index contributed by atoms with van der Waals surface area (Å²) < 4.78 is 24.9. The van der Waals surface area contributed by atoms with Gasteiger partial charge in [-0.15, -0.1) is 0 Å². The average molecular weight is 311 g/mol. The summed E-state index contributed by atoms with van der Waals surface area (Å²) in [7, 11) is -3.33. The Morgan fingerprint density at radius 3 is 2.23 bits per heavy atom. The van der Waals surface area contributed by atoms with Crippen LogP contribution in [0.15, 0.2) is 71.6 Å². The summed E-state index contributed by atoms with van der Waals surface area (Å²) in [6.07, 6.45) is 0. The summed E-state index contributed by atoms with van der Waals surface area (Å²) in [5.41, 5.74) is 3.71. The SMILES string of the molecule is Cc1ccc(S(=O)(=O)Cc2ccc(-c3ccccc3)[nH]2)cc1. The molecule has 0 aliphatic rings. The molecule has 0 atom stereocenters. The second-order valence-corrected chi connectivity index (χ2v) is 7.32. The van der Waals surface area contributed by atoms with Crippen molar-refractivity contribution in [3.63, 3.8) is 0 Å². The molecule has 1 N–H and O–H groups in total. The molecule has 0 bridgehead atoms. The van der Waals surface area contributed by atoms with Crippen molar-refractivity contribution in [1.29, 1.82) is 0 Å². The molecule has 4 heteroatoms. The summed E-state index contributed by atoms with van der Waals surface area (Å²) >= 11 is 0. The lowest BCUT2D eigenvalue weighted by molar-refractivity contribution is 0.595. The molecule has 2 aromatic carbocycles. The lowest BCUT2D eigenvalue weighted by atomic mass is 10.2. The maximum atomic E-state index is 12.4. The first-order valence-electron chi connectivity index (χ1n) is 7.07. The molecule has 0 aliphatic heterocycles. The molecule has 0 amide bonds. The third-order valence-electron chi connectivity index (χ3n) is 3.56. The molecule has 1 aromatic heterocycles. The smallest absolute Gasteiger partial charge is 0.183 e. The Balaban J connectivity index is 1.84. The first-order valence-corrected chi connectivity index (χ1v) is 8.72. The van der Waals surface area contributed by atoms with E-state index in [0.717, 1.165) is 16.8 Å². The maximum Gasteiger partial charge on any atom is 0.183 e. The lowest BCUT2D eigenvalue weighted by Crippen LogP contribution is -2.05. The molecule has 0 saturated heterocycles. The van der Waals surface area contributed by atoms with E-state index in [2.05, 4.69) is 4.98 Å². The quantitative estimate of drug-likeness (QED) is 0.792. The molecule has 0 unspecified atom stereocenters. The number of hydrogen-bond acceptors (Lipinski definition) is 2. The fourth-order valence-corrected chi connectivity index (χ4v) is 3.64. The minimum absolute atomic E-state index is 0.0249. The monoisotopic (exact) mass is 311 g/mol. The minimum atomic E-state index is -3.33. The van der Waals surface area contributed by atoms with Gasteiger partial charge in [0.2, 0.25) is 0 Å². The van der Waals surface area contributed by atoms with Gasteiger partial charge in [0.15, 0.2) is 9.84 Å². The number of hydrogen-bond donors (Lipinski definition) is 1. The Hall–Kier alpha value is -2.33. The fraction of sp³-hybridized carbons (Fsp3) is 0.111. The number of aromatic nitrogens is 1. The van der Waals surface area contributed by atoms with Crippen LogP contribution in [0.2, 0.25) is 0 Å². The standard InChI is InChI=1S/C18H17NO2S/c1-14-7-10-17(11-8-14)22(20,21)13-16-9-12-18(19-16)15-5-3-2-4-6-15/h2-12,19H,13H2,1H3. The number of benzene rings is 2. The van der Waals surface area contributed by atoms with Gasteiger partial charge in [0.05, 0.1) is 10.6 Å². The van der Waals surface area contributed by atoms with Crippen LogP contribution in [0.5, 0.6) is 0 Å². The highest BCUT2D eigenvalue weighted by Crippen LogP contribution is 2.21. The van der Waals surface area contributed by atoms with E-state index in [-0.39, 0.29) is 5.75 Å². The van der Waals surface area contributed by atoms with Crippen LogP contribution in [0.25, 0.3) is 11.3 Å². The van der Waals surface area contributed by atoms with Crippen LogP contribution in [-0.4, -0.2) is 13.4 Å². The number of aryl methyl sites for hydroxylation is 1. The van der Waals surface area contributed by atoms with Crippen molar-refractivity contribution in [2.45, 2.75) is 17.6 Å². The van der Waals surface area contributed by atoms with Crippen LogP contribution in [0, 0.1) is 6.92 Å². The first-order chi connectivity index (χ1) is 10.5. The van der Waals surface area contributed by atoms with Gasteiger partial charge < -0.3 is 4.98 Å². The molecule has 3 rings (SSSR count). The van der Waals surface area contributed by atoms with Gasteiger partial charge in [-0.05, 0) is 36.8 Å². The van der Waals surface area contributed by atoms with E-state index >= 15 is 0 Å². The number of aromatic amines is 1. The molecular formula is C18H17NO2S. The molecule has 0 aliphatic carbocycles. The largest absolute Gasteiger partial charge is 0.358 e. The Labute approximate surface area is 130 Å². The van der Waals surface area contributed by atoms with Crippen molar-refractivity contribution >= 4 is 9.84 Å². The minimum Gasteiger partial charge on any atom is -0.358 e. The van der Waals surface area contributed by atoms with E-state index < -0.39 is 9.84 Å². The Morgan fingerprint density at radius 2 is 1.55 bits per heavy atom. The summed E-state index contributed by atoms with van der Waals surface area (Å²) in [4.78, 5) is 3.54. The van der Waals surface area contributed by atoms with Gasteiger partial charge in [0.1, 0.15) is 0 Å². The first kappa shape index (κ1) is 14.6. The number of nitrogens with one attached hydrogen (secondary N) is 1. The van der Waals surface area contributed by atoms with E-state index in [1.165, 1.54) is 0 Å². The Kier molecular flexibility index (Phi) is 3.86. The van der Waals surface area contributed by atoms with Crippen LogP contribution in [0.1, 0.15) is 11.3 Å². The highest BCUT2D eigenvalue weighted by atomic mass is 32.2. The molecule has 3 nitrogen and oxygen atoms in total. The van der Waals surface area contributed by atoms with Crippen LogP contribution < -0.4 is 0 Å². The summed E-state index contributed by atoms with van der Waals surface area (Å²) in [5, 5.41) is 0. The third kappa shape index (κ3) is 3.12. The number of sulfone groups is 1. The molecule has 112 valence electrons. The zero-order chi connectivity index (χ0) is 15.6. The van der Waals surface area contributed by atoms with Crippen molar-refractivity contribution in [3.05, 3.63) is 78.0 Å². The molecule has 0 spiro atoms. The van der Waals surface area contributed by atoms with Gasteiger partial charge in [-0.2, -0.15) is 0 Å². The van der Waals surface area contributed by atoms with Crippen LogP contribution in [-0.2, 0) is 15.6 Å². The van der Waals surface area contributed by atoms with E-state index in [1.54, 1.807) is 12.1 Å². The van der Waals surface area contributed by atoms with E-state index in [0.29, 0.717) is 10.6 Å². The van der Waals surface area contributed by atoms with Gasteiger partial charge in [-0.1, -0.05) is 48.0 Å². The van der Waals surface area contributed by atoms with Crippen molar-refractivity contribution in [1.82, 2.24) is 4.98 Å².